The average molecular weight is 267 g/mol. The van der Waals surface area contributed by atoms with E-state index >= 15 is 0 Å². The number of piperidine rings is 1. The lowest BCUT2D eigenvalue weighted by atomic mass is 9.76. The van der Waals surface area contributed by atoms with Crippen molar-refractivity contribution in [3.05, 3.63) is 0 Å². The summed E-state index contributed by atoms with van der Waals surface area (Å²) in [7, 11) is 1.63. The van der Waals surface area contributed by atoms with Gasteiger partial charge in [0.05, 0.1) is 0 Å². The van der Waals surface area contributed by atoms with Crippen molar-refractivity contribution >= 4 is 11.8 Å². The van der Waals surface area contributed by atoms with Crippen molar-refractivity contribution in [2.75, 3.05) is 20.1 Å². The standard InChI is InChI=1S/C14H25N3O2/c1-3-6-17-9-11(16-14(19)15-2)7-10-8-12(18)4-5-13(10)17/h10-11,13H,3-9H2,1-2H3,(H2,15,16,19)/t10-,11?,13-/m1/s1. The van der Waals surface area contributed by atoms with Gasteiger partial charge in [0.15, 0.2) is 0 Å². The van der Waals surface area contributed by atoms with Crippen LogP contribution in [-0.4, -0.2) is 48.9 Å². The fraction of sp³-hybridized carbons (Fsp3) is 0.857. The lowest BCUT2D eigenvalue weighted by Crippen LogP contribution is -2.58. The zero-order valence-corrected chi connectivity index (χ0v) is 11.9. The van der Waals surface area contributed by atoms with Gasteiger partial charge in [-0.05, 0) is 31.7 Å². The van der Waals surface area contributed by atoms with Gasteiger partial charge in [-0.15, -0.1) is 0 Å². The van der Waals surface area contributed by atoms with Crippen molar-refractivity contribution in [1.29, 1.82) is 0 Å². The molecule has 5 heteroatoms. The number of amides is 2. The van der Waals surface area contributed by atoms with Crippen LogP contribution in [0.3, 0.4) is 0 Å². The van der Waals surface area contributed by atoms with Crippen molar-refractivity contribution in [2.45, 2.75) is 51.1 Å². The lowest BCUT2D eigenvalue weighted by Gasteiger charge is -2.46. The highest BCUT2D eigenvalue weighted by atomic mass is 16.2. The van der Waals surface area contributed by atoms with E-state index in [0.29, 0.717) is 24.2 Å². The third-order valence-corrected chi connectivity index (χ3v) is 4.34. The second-order valence-corrected chi connectivity index (χ2v) is 5.76. The highest BCUT2D eigenvalue weighted by molar-refractivity contribution is 5.79. The molecule has 0 radical (unpaired) electrons. The number of likely N-dealkylation sites (tertiary alicyclic amines) is 1. The maximum absolute atomic E-state index is 11.6. The summed E-state index contributed by atoms with van der Waals surface area (Å²) in [6.45, 7) is 4.15. The summed E-state index contributed by atoms with van der Waals surface area (Å²) in [5.74, 6) is 0.807. The van der Waals surface area contributed by atoms with E-state index in [1.54, 1.807) is 7.05 Å². The van der Waals surface area contributed by atoms with Crippen molar-refractivity contribution in [3.63, 3.8) is 0 Å². The summed E-state index contributed by atoms with van der Waals surface area (Å²) < 4.78 is 0. The Labute approximate surface area is 115 Å². The minimum atomic E-state index is -0.123. The van der Waals surface area contributed by atoms with Crippen molar-refractivity contribution in [3.8, 4) is 0 Å². The van der Waals surface area contributed by atoms with Gasteiger partial charge in [0.25, 0.3) is 0 Å². The maximum atomic E-state index is 11.6. The van der Waals surface area contributed by atoms with E-state index in [2.05, 4.69) is 22.5 Å². The molecule has 1 saturated heterocycles. The Kier molecular flexibility index (Phi) is 4.80. The van der Waals surface area contributed by atoms with E-state index in [1.807, 2.05) is 0 Å². The van der Waals surface area contributed by atoms with Gasteiger partial charge in [-0.2, -0.15) is 0 Å². The van der Waals surface area contributed by atoms with Crippen LogP contribution in [0.1, 0.15) is 39.0 Å². The van der Waals surface area contributed by atoms with Gasteiger partial charge < -0.3 is 10.6 Å². The SMILES string of the molecule is CCCN1CC(NC(=O)NC)C[C@@H]2CC(=O)CC[C@H]21. The van der Waals surface area contributed by atoms with Crippen molar-refractivity contribution in [2.24, 2.45) is 5.92 Å². The molecule has 2 fully saturated rings. The summed E-state index contributed by atoms with van der Waals surface area (Å²) in [5, 5.41) is 5.61. The van der Waals surface area contributed by atoms with Crippen LogP contribution in [0, 0.1) is 5.92 Å². The zero-order valence-electron chi connectivity index (χ0n) is 11.9. The summed E-state index contributed by atoms with van der Waals surface area (Å²) in [6, 6.07) is 0.584. The molecule has 3 atom stereocenters. The van der Waals surface area contributed by atoms with Crippen LogP contribution >= 0.6 is 0 Å². The first-order valence-corrected chi connectivity index (χ1v) is 7.38. The molecule has 0 aromatic rings. The Hall–Kier alpha value is -1.10. The molecule has 0 aromatic carbocycles. The summed E-state index contributed by atoms with van der Waals surface area (Å²) in [6.07, 6.45) is 4.47. The molecular weight excluding hydrogens is 242 g/mol. The monoisotopic (exact) mass is 267 g/mol. The molecule has 0 spiro atoms. The van der Waals surface area contributed by atoms with E-state index in [4.69, 9.17) is 0 Å². The Bertz CT molecular complexity index is 346. The van der Waals surface area contributed by atoms with Gasteiger partial charge in [0, 0.05) is 38.5 Å². The molecule has 0 bridgehead atoms. The zero-order chi connectivity index (χ0) is 13.8. The average Bonchev–Trinajstić information content (AvgIpc) is 2.38. The number of rotatable bonds is 3. The first kappa shape index (κ1) is 14.3. The minimum absolute atomic E-state index is 0.123. The quantitative estimate of drug-likeness (QED) is 0.806. The summed E-state index contributed by atoms with van der Waals surface area (Å²) in [5.41, 5.74) is 0. The number of nitrogens with zero attached hydrogens (tertiary/aromatic N) is 1. The Morgan fingerprint density at radius 2 is 2.26 bits per heavy atom. The highest BCUT2D eigenvalue weighted by Crippen LogP contribution is 2.34. The van der Waals surface area contributed by atoms with Crippen molar-refractivity contribution in [1.82, 2.24) is 15.5 Å². The molecule has 0 aromatic heterocycles. The number of ketones is 1. The van der Waals surface area contributed by atoms with E-state index in [-0.39, 0.29) is 12.1 Å². The van der Waals surface area contributed by atoms with E-state index in [1.165, 1.54) is 0 Å². The van der Waals surface area contributed by atoms with Crippen LogP contribution in [0.15, 0.2) is 0 Å². The molecule has 2 aliphatic rings. The number of urea groups is 1. The molecule has 2 N–H and O–H groups in total. The molecule has 19 heavy (non-hydrogen) atoms. The predicted molar refractivity (Wildman–Crippen MR) is 74.0 cm³/mol. The molecule has 1 saturated carbocycles. The predicted octanol–water partition coefficient (Wildman–Crippen LogP) is 1.14. The number of hydrogen-bond acceptors (Lipinski definition) is 3. The van der Waals surface area contributed by atoms with Gasteiger partial charge in [0.1, 0.15) is 5.78 Å². The topological polar surface area (TPSA) is 61.4 Å². The second kappa shape index (κ2) is 6.37. The summed E-state index contributed by atoms with van der Waals surface area (Å²) >= 11 is 0. The first-order chi connectivity index (χ1) is 9.13. The van der Waals surface area contributed by atoms with Gasteiger partial charge in [0.2, 0.25) is 0 Å². The number of carbonyl (C=O) groups excluding carboxylic acids is 2. The first-order valence-electron chi connectivity index (χ1n) is 7.38. The Balaban J connectivity index is 2.02. The molecule has 108 valence electrons. The number of Topliss-reactive ketones (excluding diaryl/α,β-unsaturated/α-hetero) is 1. The van der Waals surface area contributed by atoms with Crippen LogP contribution in [0.4, 0.5) is 4.79 Å². The summed E-state index contributed by atoms with van der Waals surface area (Å²) in [4.78, 5) is 25.6. The molecule has 1 aliphatic heterocycles. The van der Waals surface area contributed by atoms with Crippen LogP contribution in [-0.2, 0) is 4.79 Å². The van der Waals surface area contributed by atoms with Gasteiger partial charge in [-0.3, -0.25) is 9.69 Å². The molecular formula is C14H25N3O2. The number of carbonyl (C=O) groups is 2. The minimum Gasteiger partial charge on any atom is -0.341 e. The van der Waals surface area contributed by atoms with Crippen LogP contribution in [0.25, 0.3) is 0 Å². The van der Waals surface area contributed by atoms with Gasteiger partial charge in [-0.25, -0.2) is 4.79 Å². The van der Waals surface area contributed by atoms with Gasteiger partial charge >= 0.3 is 6.03 Å². The fourth-order valence-corrected chi connectivity index (χ4v) is 3.56. The van der Waals surface area contributed by atoms with Crippen molar-refractivity contribution < 1.29 is 9.59 Å². The fourth-order valence-electron chi connectivity index (χ4n) is 3.56. The molecule has 1 unspecified atom stereocenters. The molecule has 1 heterocycles. The van der Waals surface area contributed by atoms with Crippen LogP contribution < -0.4 is 10.6 Å². The lowest BCUT2D eigenvalue weighted by molar-refractivity contribution is -0.124. The van der Waals surface area contributed by atoms with Gasteiger partial charge in [-0.1, -0.05) is 6.92 Å². The second-order valence-electron chi connectivity index (χ2n) is 5.76. The maximum Gasteiger partial charge on any atom is 0.314 e. The highest BCUT2D eigenvalue weighted by Gasteiger charge is 2.39. The molecule has 2 amide bonds. The molecule has 5 nitrogen and oxygen atoms in total. The smallest absolute Gasteiger partial charge is 0.314 e. The third-order valence-electron chi connectivity index (χ3n) is 4.34. The Morgan fingerprint density at radius 3 is 2.95 bits per heavy atom. The van der Waals surface area contributed by atoms with E-state index in [0.717, 1.165) is 38.8 Å². The molecule has 1 aliphatic carbocycles. The van der Waals surface area contributed by atoms with E-state index in [9.17, 15) is 9.59 Å². The molecule has 2 rings (SSSR count). The van der Waals surface area contributed by atoms with E-state index < -0.39 is 0 Å². The van der Waals surface area contributed by atoms with Crippen LogP contribution in [0.2, 0.25) is 0 Å². The number of fused-ring (bicyclic) bond motifs is 1. The largest absolute Gasteiger partial charge is 0.341 e. The third kappa shape index (κ3) is 3.47. The Morgan fingerprint density at radius 1 is 1.47 bits per heavy atom. The number of hydrogen-bond donors (Lipinski definition) is 2. The normalized spacial score (nSPS) is 31.7. The number of nitrogens with one attached hydrogen (secondary N) is 2. The van der Waals surface area contributed by atoms with Crippen LogP contribution in [0.5, 0.6) is 0 Å².